The lowest BCUT2D eigenvalue weighted by atomic mass is 9.97. The van der Waals surface area contributed by atoms with Crippen molar-refractivity contribution in [3.63, 3.8) is 0 Å². The highest BCUT2D eigenvalue weighted by molar-refractivity contribution is 6.30. The van der Waals surface area contributed by atoms with Gasteiger partial charge in [0.05, 0.1) is 6.54 Å². The number of likely N-dealkylation sites (tertiary alicyclic amines) is 1. The highest BCUT2D eigenvalue weighted by Crippen LogP contribution is 2.23. The smallest absolute Gasteiger partial charge is 0.406 e. The molecule has 2 amide bonds. The van der Waals surface area contributed by atoms with Crippen LogP contribution in [-0.4, -0.2) is 49.3 Å². The average molecular weight is 484 g/mol. The Kier molecular flexibility index (Phi) is 8.57. The van der Waals surface area contributed by atoms with E-state index in [1.807, 2.05) is 24.3 Å². The maximum Gasteiger partial charge on any atom is 0.573 e. The molecule has 3 rings (SSSR count). The minimum atomic E-state index is -4.85. The Bertz CT molecular complexity index is 954. The molecule has 2 N–H and O–H groups in total. The van der Waals surface area contributed by atoms with Crippen molar-refractivity contribution in [2.24, 2.45) is 5.92 Å². The number of hydrogen-bond acceptors (Lipinski definition) is 4. The fraction of sp³-hybridized carbons (Fsp3) is 0.391. The molecule has 1 fully saturated rings. The first-order chi connectivity index (χ1) is 15.7. The van der Waals surface area contributed by atoms with Crippen molar-refractivity contribution in [1.82, 2.24) is 15.5 Å². The summed E-state index contributed by atoms with van der Waals surface area (Å²) in [7, 11) is 0. The second kappa shape index (κ2) is 11.4. The van der Waals surface area contributed by atoms with Gasteiger partial charge in [-0.05, 0) is 61.2 Å². The number of rotatable bonds is 8. The van der Waals surface area contributed by atoms with Gasteiger partial charge in [0.2, 0.25) is 5.91 Å². The summed E-state index contributed by atoms with van der Waals surface area (Å²) in [4.78, 5) is 26.7. The molecule has 1 aliphatic heterocycles. The zero-order valence-electron chi connectivity index (χ0n) is 17.8. The van der Waals surface area contributed by atoms with E-state index < -0.39 is 18.0 Å². The Morgan fingerprint density at radius 1 is 1.12 bits per heavy atom. The Hall–Kier alpha value is -2.78. The van der Waals surface area contributed by atoms with Crippen LogP contribution in [0.5, 0.6) is 5.75 Å². The van der Waals surface area contributed by atoms with E-state index in [2.05, 4.69) is 20.3 Å². The summed E-state index contributed by atoms with van der Waals surface area (Å²) in [6.07, 6.45) is -2.82. The van der Waals surface area contributed by atoms with Crippen molar-refractivity contribution in [3.05, 3.63) is 64.7 Å². The molecule has 6 nitrogen and oxygen atoms in total. The molecule has 33 heavy (non-hydrogen) atoms. The van der Waals surface area contributed by atoms with Crippen molar-refractivity contribution in [1.29, 1.82) is 0 Å². The molecule has 0 radical (unpaired) electrons. The maximum absolute atomic E-state index is 12.3. The van der Waals surface area contributed by atoms with E-state index in [0.29, 0.717) is 17.5 Å². The predicted octanol–water partition coefficient (Wildman–Crippen LogP) is 4.00. The maximum atomic E-state index is 12.3. The summed E-state index contributed by atoms with van der Waals surface area (Å²) in [5, 5.41) is 5.94. The topological polar surface area (TPSA) is 70.7 Å². The van der Waals surface area contributed by atoms with Crippen molar-refractivity contribution in [2.75, 3.05) is 26.2 Å². The number of piperidine rings is 1. The largest absolute Gasteiger partial charge is 0.573 e. The number of alkyl halides is 3. The third kappa shape index (κ3) is 8.58. The van der Waals surface area contributed by atoms with Crippen LogP contribution in [0.4, 0.5) is 13.2 Å². The number of amides is 2. The number of benzene rings is 2. The molecule has 1 saturated heterocycles. The van der Waals surface area contributed by atoms with Crippen molar-refractivity contribution >= 4 is 23.4 Å². The lowest BCUT2D eigenvalue weighted by Crippen LogP contribution is -2.43. The monoisotopic (exact) mass is 483 g/mol. The third-order valence-electron chi connectivity index (χ3n) is 5.25. The molecule has 10 heteroatoms. The van der Waals surface area contributed by atoms with E-state index in [9.17, 15) is 22.8 Å². The fourth-order valence-corrected chi connectivity index (χ4v) is 3.85. The molecule has 1 unspecified atom stereocenters. The Balaban J connectivity index is 1.40. The molecule has 178 valence electrons. The van der Waals surface area contributed by atoms with Crippen LogP contribution in [0.15, 0.2) is 48.5 Å². The average Bonchev–Trinajstić information content (AvgIpc) is 2.77. The number of nitrogens with one attached hydrogen (secondary N) is 2. The molecule has 2 aromatic rings. The van der Waals surface area contributed by atoms with Crippen LogP contribution in [-0.2, 0) is 11.3 Å². The van der Waals surface area contributed by atoms with Crippen LogP contribution < -0.4 is 15.4 Å². The van der Waals surface area contributed by atoms with Gasteiger partial charge in [0.1, 0.15) is 5.75 Å². The van der Waals surface area contributed by atoms with Gasteiger partial charge in [0.15, 0.2) is 0 Å². The molecular formula is C23H25ClF3N3O3. The number of hydrogen-bond donors (Lipinski definition) is 2. The zero-order chi connectivity index (χ0) is 23.8. The van der Waals surface area contributed by atoms with Crippen molar-refractivity contribution in [3.8, 4) is 5.75 Å². The normalized spacial score (nSPS) is 16.8. The number of nitrogens with zero attached hydrogens (tertiary/aromatic N) is 1. The summed E-state index contributed by atoms with van der Waals surface area (Å²) in [5.41, 5.74) is 1.14. The van der Waals surface area contributed by atoms with E-state index in [0.717, 1.165) is 44.6 Å². The summed E-state index contributed by atoms with van der Waals surface area (Å²) < 4.78 is 40.8. The summed E-state index contributed by atoms with van der Waals surface area (Å²) >= 11 is 5.93. The molecule has 0 spiro atoms. The van der Waals surface area contributed by atoms with Gasteiger partial charge in [0.25, 0.3) is 5.91 Å². The molecule has 0 aliphatic carbocycles. The Labute approximate surface area is 195 Å². The zero-order valence-corrected chi connectivity index (χ0v) is 18.6. The highest BCUT2D eigenvalue weighted by atomic mass is 35.5. The molecule has 0 saturated carbocycles. The van der Waals surface area contributed by atoms with Gasteiger partial charge in [-0.2, -0.15) is 0 Å². The summed E-state index contributed by atoms with van der Waals surface area (Å²) in [6.45, 7) is 2.86. The number of ether oxygens (including phenoxy) is 1. The van der Waals surface area contributed by atoms with Crippen LogP contribution in [0.2, 0.25) is 5.02 Å². The molecule has 1 aliphatic rings. The molecule has 1 heterocycles. The Morgan fingerprint density at radius 3 is 2.61 bits per heavy atom. The number of halogens is 4. The van der Waals surface area contributed by atoms with Crippen LogP contribution >= 0.6 is 11.6 Å². The highest BCUT2D eigenvalue weighted by Gasteiger charge is 2.31. The van der Waals surface area contributed by atoms with Crippen LogP contribution in [0.25, 0.3) is 0 Å². The van der Waals surface area contributed by atoms with Gasteiger partial charge in [-0.3, -0.25) is 14.5 Å². The predicted molar refractivity (Wildman–Crippen MR) is 118 cm³/mol. The van der Waals surface area contributed by atoms with Gasteiger partial charge >= 0.3 is 6.36 Å². The van der Waals surface area contributed by atoms with E-state index in [4.69, 9.17) is 11.6 Å². The number of carbonyl (C=O) groups is 2. The van der Waals surface area contributed by atoms with Gasteiger partial charge < -0.3 is 15.4 Å². The van der Waals surface area contributed by atoms with Crippen molar-refractivity contribution < 1.29 is 27.5 Å². The quantitative estimate of drug-likeness (QED) is 0.595. The summed E-state index contributed by atoms with van der Waals surface area (Å²) in [6, 6.07) is 12.4. The second-order valence-electron chi connectivity index (χ2n) is 7.93. The minimum Gasteiger partial charge on any atom is -0.406 e. The summed E-state index contributed by atoms with van der Waals surface area (Å²) in [5.74, 6) is -1.23. The molecule has 0 aromatic heterocycles. The SMILES string of the molecule is O=C(CNC(=O)c1cccc(OC(F)(F)F)c1)NCC1CCCN(Cc2ccc(Cl)cc2)C1. The lowest BCUT2D eigenvalue weighted by molar-refractivity contribution is -0.274. The van der Waals surface area contributed by atoms with Gasteiger partial charge in [-0.1, -0.05) is 29.8 Å². The standard InChI is InChI=1S/C23H25ClF3N3O3/c24-19-8-6-16(7-9-19)14-30-10-2-3-17(15-30)12-28-21(31)13-29-22(32)18-4-1-5-20(11-18)33-23(25,26)27/h1,4-9,11,17H,2-3,10,12-15H2,(H,28,31)(H,29,32). The number of carbonyl (C=O) groups excluding carboxylic acids is 2. The van der Waals surface area contributed by atoms with Crippen LogP contribution in [0.1, 0.15) is 28.8 Å². The first-order valence-corrected chi connectivity index (χ1v) is 10.9. The second-order valence-corrected chi connectivity index (χ2v) is 8.37. The Morgan fingerprint density at radius 2 is 1.88 bits per heavy atom. The van der Waals surface area contributed by atoms with E-state index in [1.54, 1.807) is 0 Å². The van der Waals surface area contributed by atoms with E-state index in [-0.39, 0.29) is 18.0 Å². The van der Waals surface area contributed by atoms with Crippen LogP contribution in [0.3, 0.4) is 0 Å². The van der Waals surface area contributed by atoms with E-state index in [1.165, 1.54) is 17.7 Å². The molecule has 0 bridgehead atoms. The fourth-order valence-electron chi connectivity index (χ4n) is 3.73. The third-order valence-corrected chi connectivity index (χ3v) is 5.50. The molecule has 1 atom stereocenters. The molecular weight excluding hydrogens is 459 g/mol. The van der Waals surface area contributed by atoms with Gasteiger partial charge in [-0.15, -0.1) is 13.2 Å². The van der Waals surface area contributed by atoms with E-state index >= 15 is 0 Å². The van der Waals surface area contributed by atoms with Gasteiger partial charge in [-0.25, -0.2) is 0 Å². The first-order valence-electron chi connectivity index (χ1n) is 10.6. The minimum absolute atomic E-state index is 0.0327. The van der Waals surface area contributed by atoms with Crippen molar-refractivity contribution in [2.45, 2.75) is 25.7 Å². The van der Waals surface area contributed by atoms with Crippen LogP contribution in [0, 0.1) is 5.92 Å². The molecule has 2 aromatic carbocycles. The lowest BCUT2D eigenvalue weighted by Gasteiger charge is -2.32. The van der Waals surface area contributed by atoms with Gasteiger partial charge in [0, 0.05) is 30.2 Å². The first kappa shape index (κ1) is 24.9.